The zero-order chi connectivity index (χ0) is 15.0. The normalized spacial score (nSPS) is 20.6. The van der Waals surface area contributed by atoms with Crippen LogP contribution in [-0.4, -0.2) is 62.8 Å². The van der Waals surface area contributed by atoms with Crippen molar-refractivity contribution in [3.63, 3.8) is 0 Å². The second-order valence-electron chi connectivity index (χ2n) is 6.12. The van der Waals surface area contributed by atoms with Crippen LogP contribution in [0.15, 0.2) is 0 Å². The minimum absolute atomic E-state index is 0.111. The Morgan fingerprint density at radius 3 is 2.75 bits per heavy atom. The molecule has 1 heterocycles. The van der Waals surface area contributed by atoms with Gasteiger partial charge < -0.3 is 15.4 Å². The summed E-state index contributed by atoms with van der Waals surface area (Å²) in [5.41, 5.74) is 0. The fraction of sp³-hybridized carbons (Fsp3) is 0.933. The SMILES string of the molecule is COCCN(CC(=O)NC(C)C(C)C)CC1CCCN1. The molecule has 1 aliphatic rings. The van der Waals surface area contributed by atoms with E-state index in [-0.39, 0.29) is 11.9 Å². The molecular formula is C15H31N3O2. The number of hydrogen-bond acceptors (Lipinski definition) is 4. The van der Waals surface area contributed by atoms with E-state index in [9.17, 15) is 4.79 Å². The van der Waals surface area contributed by atoms with Crippen LogP contribution in [0.1, 0.15) is 33.6 Å². The van der Waals surface area contributed by atoms with Crippen molar-refractivity contribution in [1.29, 1.82) is 0 Å². The molecule has 1 aliphatic heterocycles. The highest BCUT2D eigenvalue weighted by Gasteiger charge is 2.20. The summed E-state index contributed by atoms with van der Waals surface area (Å²) >= 11 is 0. The lowest BCUT2D eigenvalue weighted by molar-refractivity contribution is -0.123. The van der Waals surface area contributed by atoms with Crippen LogP contribution in [0.25, 0.3) is 0 Å². The van der Waals surface area contributed by atoms with E-state index in [1.807, 2.05) is 0 Å². The van der Waals surface area contributed by atoms with Gasteiger partial charge in [-0.15, -0.1) is 0 Å². The molecule has 0 radical (unpaired) electrons. The summed E-state index contributed by atoms with van der Waals surface area (Å²) in [5.74, 6) is 0.572. The minimum Gasteiger partial charge on any atom is -0.383 e. The van der Waals surface area contributed by atoms with Gasteiger partial charge in [-0.1, -0.05) is 13.8 Å². The first-order valence-corrected chi connectivity index (χ1v) is 7.77. The van der Waals surface area contributed by atoms with Gasteiger partial charge in [-0.2, -0.15) is 0 Å². The molecule has 5 heteroatoms. The molecule has 1 saturated heterocycles. The molecule has 2 N–H and O–H groups in total. The number of nitrogens with one attached hydrogen (secondary N) is 2. The number of carbonyl (C=O) groups is 1. The van der Waals surface area contributed by atoms with E-state index in [0.29, 0.717) is 25.1 Å². The number of amides is 1. The number of hydrogen-bond donors (Lipinski definition) is 2. The van der Waals surface area contributed by atoms with Crippen LogP contribution in [0.5, 0.6) is 0 Å². The third-order valence-electron chi connectivity index (χ3n) is 4.01. The van der Waals surface area contributed by atoms with Crippen molar-refractivity contribution in [2.45, 2.75) is 45.7 Å². The second kappa shape index (κ2) is 9.32. The van der Waals surface area contributed by atoms with Gasteiger partial charge in [-0.25, -0.2) is 0 Å². The summed E-state index contributed by atoms with van der Waals surface area (Å²) in [6, 6.07) is 0.735. The van der Waals surface area contributed by atoms with Gasteiger partial charge in [0.25, 0.3) is 0 Å². The van der Waals surface area contributed by atoms with Gasteiger partial charge in [0.1, 0.15) is 0 Å². The van der Waals surface area contributed by atoms with Crippen molar-refractivity contribution < 1.29 is 9.53 Å². The summed E-state index contributed by atoms with van der Waals surface area (Å²) < 4.78 is 5.14. The van der Waals surface area contributed by atoms with E-state index >= 15 is 0 Å². The van der Waals surface area contributed by atoms with Crippen molar-refractivity contribution in [3.05, 3.63) is 0 Å². The van der Waals surface area contributed by atoms with Crippen LogP contribution < -0.4 is 10.6 Å². The number of nitrogens with zero attached hydrogens (tertiary/aromatic N) is 1. The molecule has 0 spiro atoms. The predicted molar refractivity (Wildman–Crippen MR) is 81.8 cm³/mol. The van der Waals surface area contributed by atoms with Crippen LogP contribution in [0.3, 0.4) is 0 Å². The Kier molecular flexibility index (Phi) is 8.11. The second-order valence-corrected chi connectivity index (χ2v) is 6.12. The number of carbonyl (C=O) groups excluding carboxylic acids is 1. The van der Waals surface area contributed by atoms with Gasteiger partial charge >= 0.3 is 0 Å². The number of ether oxygens (including phenoxy) is 1. The first-order valence-electron chi connectivity index (χ1n) is 7.77. The van der Waals surface area contributed by atoms with Crippen molar-refractivity contribution in [2.75, 3.05) is 39.9 Å². The Morgan fingerprint density at radius 2 is 2.20 bits per heavy atom. The molecule has 0 aliphatic carbocycles. The minimum atomic E-state index is 0.111. The topological polar surface area (TPSA) is 53.6 Å². The van der Waals surface area contributed by atoms with E-state index in [0.717, 1.165) is 19.6 Å². The van der Waals surface area contributed by atoms with E-state index in [2.05, 4.69) is 36.3 Å². The standard InChI is InChI=1S/C15H31N3O2/c1-12(2)13(3)17-15(19)11-18(8-9-20-4)10-14-6-5-7-16-14/h12-14,16H,5-11H2,1-4H3,(H,17,19). The van der Waals surface area contributed by atoms with Crippen molar-refractivity contribution in [1.82, 2.24) is 15.5 Å². The molecular weight excluding hydrogens is 254 g/mol. The zero-order valence-corrected chi connectivity index (χ0v) is 13.4. The van der Waals surface area contributed by atoms with Gasteiger partial charge in [-0.3, -0.25) is 9.69 Å². The lowest BCUT2D eigenvalue weighted by Gasteiger charge is -2.26. The predicted octanol–water partition coefficient (Wildman–Crippen LogP) is 0.848. The van der Waals surface area contributed by atoms with Crippen LogP contribution in [0, 0.1) is 5.92 Å². The molecule has 2 atom stereocenters. The summed E-state index contributed by atoms with van der Waals surface area (Å²) in [7, 11) is 1.70. The highest BCUT2D eigenvalue weighted by atomic mass is 16.5. The maximum atomic E-state index is 12.1. The highest BCUT2D eigenvalue weighted by Crippen LogP contribution is 2.07. The summed E-state index contributed by atoms with van der Waals surface area (Å²) in [4.78, 5) is 14.3. The van der Waals surface area contributed by atoms with Gasteiger partial charge in [0.15, 0.2) is 0 Å². The van der Waals surface area contributed by atoms with Crippen LogP contribution >= 0.6 is 0 Å². The lowest BCUT2D eigenvalue weighted by atomic mass is 10.1. The zero-order valence-electron chi connectivity index (χ0n) is 13.4. The molecule has 20 heavy (non-hydrogen) atoms. The molecule has 1 rings (SSSR count). The van der Waals surface area contributed by atoms with Crippen LogP contribution in [0.4, 0.5) is 0 Å². The first-order chi connectivity index (χ1) is 9.52. The Bertz CT molecular complexity index is 278. The molecule has 118 valence electrons. The molecule has 5 nitrogen and oxygen atoms in total. The van der Waals surface area contributed by atoms with E-state index in [1.165, 1.54) is 12.8 Å². The average Bonchev–Trinajstić information content (AvgIpc) is 2.88. The van der Waals surface area contributed by atoms with Gasteiger partial charge in [-0.05, 0) is 32.2 Å². The lowest BCUT2D eigenvalue weighted by Crippen LogP contribution is -2.46. The fourth-order valence-corrected chi connectivity index (χ4v) is 2.35. The highest BCUT2D eigenvalue weighted by molar-refractivity contribution is 5.78. The quantitative estimate of drug-likeness (QED) is 0.659. The van der Waals surface area contributed by atoms with E-state index in [1.54, 1.807) is 7.11 Å². The Morgan fingerprint density at radius 1 is 1.45 bits per heavy atom. The monoisotopic (exact) mass is 285 g/mol. The maximum absolute atomic E-state index is 12.1. The van der Waals surface area contributed by atoms with Crippen molar-refractivity contribution >= 4 is 5.91 Å². The molecule has 1 fully saturated rings. The Labute approximate surface area is 123 Å². The van der Waals surface area contributed by atoms with Gasteiger partial charge in [0.05, 0.1) is 13.2 Å². The summed E-state index contributed by atoms with van der Waals surface area (Å²) in [6.07, 6.45) is 2.44. The third-order valence-corrected chi connectivity index (χ3v) is 4.01. The molecule has 0 aromatic carbocycles. The largest absolute Gasteiger partial charge is 0.383 e. The van der Waals surface area contributed by atoms with Crippen molar-refractivity contribution in [3.8, 4) is 0 Å². The third kappa shape index (κ3) is 6.68. The summed E-state index contributed by atoms with van der Waals surface area (Å²) in [6.45, 7) is 10.2. The maximum Gasteiger partial charge on any atom is 0.234 e. The number of methoxy groups -OCH3 is 1. The summed E-state index contributed by atoms with van der Waals surface area (Å²) in [5, 5.41) is 6.55. The molecule has 0 saturated carbocycles. The smallest absolute Gasteiger partial charge is 0.234 e. The molecule has 0 bridgehead atoms. The first kappa shape index (κ1) is 17.4. The average molecular weight is 285 g/mol. The van der Waals surface area contributed by atoms with Gasteiger partial charge in [0.2, 0.25) is 5.91 Å². The molecule has 0 aromatic heterocycles. The Balaban J connectivity index is 2.39. The fourth-order valence-electron chi connectivity index (χ4n) is 2.35. The van der Waals surface area contributed by atoms with E-state index in [4.69, 9.17) is 4.74 Å². The Hall–Kier alpha value is -0.650. The molecule has 2 unspecified atom stereocenters. The van der Waals surface area contributed by atoms with E-state index < -0.39 is 0 Å². The van der Waals surface area contributed by atoms with Crippen molar-refractivity contribution in [2.24, 2.45) is 5.92 Å². The number of rotatable bonds is 9. The van der Waals surface area contributed by atoms with Gasteiger partial charge in [0, 0.05) is 32.3 Å². The molecule has 0 aromatic rings. The van der Waals surface area contributed by atoms with Crippen LogP contribution in [-0.2, 0) is 9.53 Å². The van der Waals surface area contributed by atoms with Crippen LogP contribution in [0.2, 0.25) is 0 Å². The molecule has 1 amide bonds.